The third-order valence-corrected chi connectivity index (χ3v) is 2.22. The molecule has 0 radical (unpaired) electrons. The summed E-state index contributed by atoms with van der Waals surface area (Å²) in [7, 11) is 0. The molecule has 64 valence electrons. The van der Waals surface area contributed by atoms with Gasteiger partial charge in [-0.05, 0) is 31.5 Å². The highest BCUT2D eigenvalue weighted by Gasteiger charge is 2.01. The molecular formula is C9H10BrNO. The van der Waals surface area contributed by atoms with Gasteiger partial charge in [-0.2, -0.15) is 0 Å². The van der Waals surface area contributed by atoms with E-state index in [-0.39, 0.29) is 0 Å². The normalized spacial score (nSPS) is 11.8. The largest absolute Gasteiger partial charge is 0.411 e. The van der Waals surface area contributed by atoms with E-state index in [1.165, 1.54) is 0 Å². The summed E-state index contributed by atoms with van der Waals surface area (Å²) >= 11 is 3.36. The fourth-order valence-electron chi connectivity index (χ4n) is 1.09. The SMILES string of the molecule is C/C(=N/O)c1ccc(Br)cc1C. The van der Waals surface area contributed by atoms with Gasteiger partial charge < -0.3 is 5.21 Å². The Labute approximate surface area is 80.0 Å². The second-order valence-electron chi connectivity index (χ2n) is 2.64. The molecule has 1 aromatic carbocycles. The van der Waals surface area contributed by atoms with Crippen molar-refractivity contribution in [3.8, 4) is 0 Å². The topological polar surface area (TPSA) is 32.6 Å². The van der Waals surface area contributed by atoms with Crippen LogP contribution < -0.4 is 0 Å². The molecule has 0 saturated heterocycles. The van der Waals surface area contributed by atoms with Gasteiger partial charge in [0.05, 0.1) is 5.71 Å². The third-order valence-electron chi connectivity index (χ3n) is 1.73. The predicted molar refractivity (Wildman–Crippen MR) is 52.9 cm³/mol. The van der Waals surface area contributed by atoms with Crippen LogP contribution in [0.3, 0.4) is 0 Å². The van der Waals surface area contributed by atoms with E-state index in [9.17, 15) is 0 Å². The second-order valence-corrected chi connectivity index (χ2v) is 3.56. The van der Waals surface area contributed by atoms with Crippen molar-refractivity contribution in [3.05, 3.63) is 33.8 Å². The number of rotatable bonds is 1. The predicted octanol–water partition coefficient (Wildman–Crippen LogP) is 2.96. The number of benzene rings is 1. The Balaban J connectivity index is 3.18. The van der Waals surface area contributed by atoms with Crippen molar-refractivity contribution >= 4 is 21.6 Å². The summed E-state index contributed by atoms with van der Waals surface area (Å²) in [4.78, 5) is 0. The summed E-state index contributed by atoms with van der Waals surface area (Å²) in [6, 6.07) is 5.84. The highest BCUT2D eigenvalue weighted by Crippen LogP contribution is 2.16. The first-order chi connectivity index (χ1) is 5.65. The zero-order valence-corrected chi connectivity index (χ0v) is 8.59. The molecule has 0 amide bonds. The van der Waals surface area contributed by atoms with Crippen LogP contribution in [-0.4, -0.2) is 10.9 Å². The maximum Gasteiger partial charge on any atom is 0.0839 e. The zero-order chi connectivity index (χ0) is 9.14. The van der Waals surface area contributed by atoms with Crippen LogP contribution in [0.15, 0.2) is 27.8 Å². The maximum absolute atomic E-state index is 8.56. The lowest BCUT2D eigenvalue weighted by molar-refractivity contribution is 0.319. The summed E-state index contributed by atoms with van der Waals surface area (Å²) in [5.41, 5.74) is 2.71. The summed E-state index contributed by atoms with van der Waals surface area (Å²) in [6.45, 7) is 3.75. The van der Waals surface area contributed by atoms with Gasteiger partial charge in [-0.3, -0.25) is 0 Å². The molecular weight excluding hydrogens is 218 g/mol. The average Bonchev–Trinajstić information content (AvgIpc) is 2.03. The standard InChI is InChI=1S/C9H10BrNO/c1-6-5-8(10)3-4-9(6)7(2)11-12/h3-5,12H,1-2H3/b11-7-. The molecule has 0 unspecified atom stereocenters. The summed E-state index contributed by atoms with van der Waals surface area (Å²) in [5.74, 6) is 0. The number of oxime groups is 1. The van der Waals surface area contributed by atoms with Crippen LogP contribution in [0.25, 0.3) is 0 Å². The average molecular weight is 228 g/mol. The van der Waals surface area contributed by atoms with Crippen LogP contribution in [0.4, 0.5) is 0 Å². The lowest BCUT2D eigenvalue weighted by atomic mass is 10.1. The minimum Gasteiger partial charge on any atom is -0.411 e. The van der Waals surface area contributed by atoms with Gasteiger partial charge in [0.25, 0.3) is 0 Å². The van der Waals surface area contributed by atoms with Crippen LogP contribution in [-0.2, 0) is 0 Å². The van der Waals surface area contributed by atoms with Gasteiger partial charge in [0.15, 0.2) is 0 Å². The monoisotopic (exact) mass is 227 g/mol. The van der Waals surface area contributed by atoms with Gasteiger partial charge in [0, 0.05) is 10.0 Å². The highest BCUT2D eigenvalue weighted by molar-refractivity contribution is 9.10. The minimum atomic E-state index is 0.639. The Kier molecular flexibility index (Phi) is 2.87. The highest BCUT2D eigenvalue weighted by atomic mass is 79.9. The smallest absolute Gasteiger partial charge is 0.0839 e. The summed E-state index contributed by atoms with van der Waals surface area (Å²) in [6.07, 6.45) is 0. The fourth-order valence-corrected chi connectivity index (χ4v) is 1.56. The van der Waals surface area contributed by atoms with Crippen molar-refractivity contribution in [2.75, 3.05) is 0 Å². The van der Waals surface area contributed by atoms with Gasteiger partial charge in [-0.25, -0.2) is 0 Å². The van der Waals surface area contributed by atoms with Crippen molar-refractivity contribution in [1.29, 1.82) is 0 Å². The molecule has 0 fully saturated rings. The van der Waals surface area contributed by atoms with Gasteiger partial charge in [-0.15, -0.1) is 0 Å². The van der Waals surface area contributed by atoms with Crippen molar-refractivity contribution in [3.63, 3.8) is 0 Å². The van der Waals surface area contributed by atoms with E-state index in [0.29, 0.717) is 5.71 Å². The van der Waals surface area contributed by atoms with Gasteiger partial charge >= 0.3 is 0 Å². The van der Waals surface area contributed by atoms with Crippen LogP contribution in [0, 0.1) is 6.92 Å². The van der Waals surface area contributed by atoms with Crippen molar-refractivity contribution in [1.82, 2.24) is 0 Å². The van der Waals surface area contributed by atoms with E-state index < -0.39 is 0 Å². The van der Waals surface area contributed by atoms with Gasteiger partial charge in [0.1, 0.15) is 0 Å². The molecule has 0 spiro atoms. The molecule has 1 aromatic rings. The summed E-state index contributed by atoms with van der Waals surface area (Å²) in [5, 5.41) is 11.7. The van der Waals surface area contributed by atoms with Crippen LogP contribution in [0.2, 0.25) is 0 Å². The van der Waals surface area contributed by atoms with E-state index in [2.05, 4.69) is 21.1 Å². The molecule has 2 nitrogen and oxygen atoms in total. The Hall–Kier alpha value is -0.830. The van der Waals surface area contributed by atoms with E-state index in [1.54, 1.807) is 6.92 Å². The van der Waals surface area contributed by atoms with E-state index in [1.807, 2.05) is 25.1 Å². The molecule has 0 atom stereocenters. The van der Waals surface area contributed by atoms with Crippen molar-refractivity contribution in [2.45, 2.75) is 13.8 Å². The number of aryl methyl sites for hydroxylation is 1. The molecule has 12 heavy (non-hydrogen) atoms. The van der Waals surface area contributed by atoms with Crippen molar-refractivity contribution in [2.24, 2.45) is 5.16 Å². The quantitative estimate of drug-likeness (QED) is 0.447. The van der Waals surface area contributed by atoms with E-state index in [0.717, 1.165) is 15.6 Å². The lowest BCUT2D eigenvalue weighted by Crippen LogP contribution is -1.97. The Morgan fingerprint density at radius 2 is 2.17 bits per heavy atom. The molecule has 0 saturated carbocycles. The molecule has 3 heteroatoms. The van der Waals surface area contributed by atoms with Gasteiger partial charge in [0.2, 0.25) is 0 Å². The number of hydrogen-bond acceptors (Lipinski definition) is 2. The van der Waals surface area contributed by atoms with Crippen LogP contribution >= 0.6 is 15.9 Å². The Bertz CT molecular complexity index is 320. The Morgan fingerprint density at radius 3 is 2.67 bits per heavy atom. The van der Waals surface area contributed by atoms with Crippen molar-refractivity contribution < 1.29 is 5.21 Å². The number of hydrogen-bond donors (Lipinski definition) is 1. The molecule has 1 N–H and O–H groups in total. The van der Waals surface area contributed by atoms with Crippen LogP contribution in [0.1, 0.15) is 18.1 Å². The van der Waals surface area contributed by atoms with E-state index >= 15 is 0 Å². The zero-order valence-electron chi connectivity index (χ0n) is 7.00. The molecule has 0 bridgehead atoms. The molecule has 1 rings (SSSR count). The maximum atomic E-state index is 8.56. The molecule has 0 heterocycles. The Morgan fingerprint density at radius 1 is 1.50 bits per heavy atom. The molecule has 0 aliphatic heterocycles. The number of nitrogens with zero attached hydrogens (tertiary/aromatic N) is 1. The third kappa shape index (κ3) is 1.85. The number of halogens is 1. The first-order valence-electron chi connectivity index (χ1n) is 3.60. The minimum absolute atomic E-state index is 0.639. The summed E-state index contributed by atoms with van der Waals surface area (Å²) < 4.78 is 1.04. The second kappa shape index (κ2) is 3.72. The van der Waals surface area contributed by atoms with Crippen LogP contribution in [0.5, 0.6) is 0 Å². The molecule has 0 aliphatic rings. The van der Waals surface area contributed by atoms with Gasteiger partial charge in [-0.1, -0.05) is 27.2 Å². The van der Waals surface area contributed by atoms with E-state index in [4.69, 9.17) is 5.21 Å². The lowest BCUT2D eigenvalue weighted by Gasteiger charge is -2.03. The fraction of sp³-hybridized carbons (Fsp3) is 0.222. The molecule has 0 aliphatic carbocycles. The molecule has 0 aromatic heterocycles. The first kappa shape index (κ1) is 9.26. The first-order valence-corrected chi connectivity index (χ1v) is 4.39.